The minimum atomic E-state index is 0.0126. The molecule has 8 heteroatoms. The van der Waals surface area contributed by atoms with Gasteiger partial charge in [0.25, 0.3) is 0 Å². The molecule has 0 bridgehead atoms. The van der Waals surface area contributed by atoms with Crippen LogP contribution in [-0.4, -0.2) is 49.7 Å². The van der Waals surface area contributed by atoms with E-state index in [1.165, 1.54) is 0 Å². The van der Waals surface area contributed by atoms with Crippen LogP contribution >= 0.6 is 0 Å². The van der Waals surface area contributed by atoms with Crippen LogP contribution < -0.4 is 11.1 Å². The standard InChI is InChI=1S/C13H19N7O/c1-8(21)16-9-3-4-20(6-9)7-11-17-12(14)10-5-15-19(2)13(10)18-11/h5,9H,3-4,6-7H2,1-2H3,(H,16,21)(H2,14,17,18). The van der Waals surface area contributed by atoms with Crippen LogP contribution in [0.4, 0.5) is 5.82 Å². The first-order chi connectivity index (χ1) is 10.0. The first kappa shape index (κ1) is 13.7. The Bertz CT molecular complexity index is 680. The van der Waals surface area contributed by atoms with E-state index in [0.29, 0.717) is 18.2 Å². The number of likely N-dealkylation sites (tertiary alicyclic amines) is 1. The Hall–Kier alpha value is -2.22. The van der Waals surface area contributed by atoms with Crippen molar-refractivity contribution in [2.75, 3.05) is 18.8 Å². The summed E-state index contributed by atoms with van der Waals surface area (Å²) in [6.45, 7) is 3.90. The van der Waals surface area contributed by atoms with Gasteiger partial charge in [-0.3, -0.25) is 14.4 Å². The molecule has 0 aromatic carbocycles. The van der Waals surface area contributed by atoms with Gasteiger partial charge in [-0.25, -0.2) is 9.97 Å². The highest BCUT2D eigenvalue weighted by Crippen LogP contribution is 2.18. The second-order valence-corrected chi connectivity index (χ2v) is 5.45. The summed E-state index contributed by atoms with van der Waals surface area (Å²) < 4.78 is 1.70. The number of nitrogens with zero attached hydrogens (tertiary/aromatic N) is 5. The molecule has 2 aromatic heterocycles. The Morgan fingerprint density at radius 2 is 2.33 bits per heavy atom. The highest BCUT2D eigenvalue weighted by Gasteiger charge is 2.24. The van der Waals surface area contributed by atoms with Gasteiger partial charge in [-0.15, -0.1) is 0 Å². The van der Waals surface area contributed by atoms with Gasteiger partial charge in [-0.1, -0.05) is 0 Å². The van der Waals surface area contributed by atoms with Gasteiger partial charge in [0, 0.05) is 33.1 Å². The summed E-state index contributed by atoms with van der Waals surface area (Å²) in [5.74, 6) is 1.16. The maximum Gasteiger partial charge on any atom is 0.217 e. The summed E-state index contributed by atoms with van der Waals surface area (Å²) in [5, 5.41) is 7.87. The summed E-state index contributed by atoms with van der Waals surface area (Å²) in [5.41, 5.74) is 6.70. The van der Waals surface area contributed by atoms with E-state index in [2.05, 4.69) is 25.3 Å². The van der Waals surface area contributed by atoms with Crippen molar-refractivity contribution in [2.45, 2.75) is 25.9 Å². The number of hydrogen-bond acceptors (Lipinski definition) is 6. The SMILES string of the molecule is CC(=O)NC1CCN(Cc2nc(N)c3cnn(C)c3n2)C1. The van der Waals surface area contributed by atoms with Crippen molar-refractivity contribution in [3.63, 3.8) is 0 Å². The Morgan fingerprint density at radius 1 is 1.52 bits per heavy atom. The largest absolute Gasteiger partial charge is 0.383 e. The average Bonchev–Trinajstić information content (AvgIpc) is 2.97. The van der Waals surface area contributed by atoms with Crippen molar-refractivity contribution in [3.05, 3.63) is 12.0 Å². The molecule has 21 heavy (non-hydrogen) atoms. The number of nitrogen functional groups attached to an aromatic ring is 1. The Morgan fingerprint density at radius 3 is 3.10 bits per heavy atom. The predicted molar refractivity (Wildman–Crippen MR) is 78.2 cm³/mol. The molecule has 8 nitrogen and oxygen atoms in total. The molecule has 0 aliphatic carbocycles. The summed E-state index contributed by atoms with van der Waals surface area (Å²) in [6, 6.07) is 0.209. The Balaban J connectivity index is 1.74. The second kappa shape index (κ2) is 5.28. The van der Waals surface area contributed by atoms with Crippen LogP contribution in [0.5, 0.6) is 0 Å². The number of carbonyl (C=O) groups is 1. The quantitative estimate of drug-likeness (QED) is 0.801. The number of amides is 1. The van der Waals surface area contributed by atoms with Gasteiger partial charge in [-0.2, -0.15) is 5.10 Å². The number of anilines is 1. The van der Waals surface area contributed by atoms with E-state index in [4.69, 9.17) is 5.73 Å². The number of fused-ring (bicyclic) bond motifs is 1. The van der Waals surface area contributed by atoms with Gasteiger partial charge >= 0.3 is 0 Å². The van der Waals surface area contributed by atoms with Crippen LogP contribution in [0.15, 0.2) is 6.20 Å². The van der Waals surface area contributed by atoms with Gasteiger partial charge in [0.15, 0.2) is 5.65 Å². The fourth-order valence-corrected chi connectivity index (χ4v) is 2.74. The maximum atomic E-state index is 11.1. The van der Waals surface area contributed by atoms with Crippen molar-refractivity contribution in [1.82, 2.24) is 30.0 Å². The van der Waals surface area contributed by atoms with Crippen molar-refractivity contribution in [1.29, 1.82) is 0 Å². The first-order valence-electron chi connectivity index (χ1n) is 6.96. The first-order valence-corrected chi connectivity index (χ1v) is 6.96. The molecule has 1 aliphatic rings. The smallest absolute Gasteiger partial charge is 0.217 e. The fourth-order valence-electron chi connectivity index (χ4n) is 2.74. The number of rotatable bonds is 3. The van der Waals surface area contributed by atoms with Crippen LogP contribution in [0.2, 0.25) is 0 Å². The highest BCUT2D eigenvalue weighted by molar-refractivity contribution is 5.84. The lowest BCUT2D eigenvalue weighted by Crippen LogP contribution is -2.35. The number of aromatic nitrogens is 4. The molecule has 0 saturated carbocycles. The predicted octanol–water partition coefficient (Wildman–Crippen LogP) is -0.344. The third-order valence-corrected chi connectivity index (χ3v) is 3.71. The number of aryl methyl sites for hydroxylation is 1. The maximum absolute atomic E-state index is 11.1. The van der Waals surface area contributed by atoms with Gasteiger partial charge in [-0.05, 0) is 6.42 Å². The summed E-state index contributed by atoms with van der Waals surface area (Å²) in [6.07, 6.45) is 2.63. The molecule has 3 N–H and O–H groups in total. The molecule has 1 aliphatic heterocycles. The molecule has 0 spiro atoms. The van der Waals surface area contributed by atoms with E-state index >= 15 is 0 Å². The zero-order valence-corrected chi connectivity index (χ0v) is 12.2. The summed E-state index contributed by atoms with van der Waals surface area (Å²) >= 11 is 0. The monoisotopic (exact) mass is 289 g/mol. The zero-order valence-electron chi connectivity index (χ0n) is 12.2. The minimum absolute atomic E-state index is 0.0126. The van der Waals surface area contributed by atoms with E-state index in [-0.39, 0.29) is 11.9 Å². The normalized spacial score (nSPS) is 19.2. The van der Waals surface area contributed by atoms with Crippen LogP contribution in [0, 0.1) is 0 Å². The molecule has 1 atom stereocenters. The number of nitrogens with one attached hydrogen (secondary N) is 1. The second-order valence-electron chi connectivity index (χ2n) is 5.45. The molecule has 3 rings (SSSR count). The van der Waals surface area contributed by atoms with Crippen molar-refractivity contribution < 1.29 is 4.79 Å². The van der Waals surface area contributed by atoms with Crippen molar-refractivity contribution >= 4 is 22.8 Å². The highest BCUT2D eigenvalue weighted by atomic mass is 16.1. The van der Waals surface area contributed by atoms with Crippen LogP contribution in [0.3, 0.4) is 0 Å². The molecule has 0 radical (unpaired) electrons. The lowest BCUT2D eigenvalue weighted by atomic mass is 10.3. The van der Waals surface area contributed by atoms with Crippen molar-refractivity contribution in [3.8, 4) is 0 Å². The molecule has 1 unspecified atom stereocenters. The third-order valence-electron chi connectivity index (χ3n) is 3.71. The van der Waals surface area contributed by atoms with E-state index in [0.717, 1.165) is 30.5 Å². The Kier molecular flexibility index (Phi) is 3.46. The van der Waals surface area contributed by atoms with Crippen LogP contribution in [-0.2, 0) is 18.4 Å². The molecule has 1 amide bonds. The van der Waals surface area contributed by atoms with E-state index < -0.39 is 0 Å². The number of hydrogen-bond donors (Lipinski definition) is 2. The Labute approximate surface area is 122 Å². The third kappa shape index (κ3) is 2.80. The molecule has 1 saturated heterocycles. The molecular weight excluding hydrogens is 270 g/mol. The molecule has 2 aromatic rings. The lowest BCUT2D eigenvalue weighted by Gasteiger charge is -2.15. The van der Waals surface area contributed by atoms with E-state index in [1.54, 1.807) is 17.8 Å². The topological polar surface area (TPSA) is 102 Å². The fraction of sp³-hybridized carbons (Fsp3) is 0.538. The van der Waals surface area contributed by atoms with Gasteiger partial charge < -0.3 is 11.1 Å². The van der Waals surface area contributed by atoms with E-state index in [1.807, 2.05) is 7.05 Å². The zero-order chi connectivity index (χ0) is 15.0. The van der Waals surface area contributed by atoms with E-state index in [9.17, 15) is 4.79 Å². The van der Waals surface area contributed by atoms with Gasteiger partial charge in [0.2, 0.25) is 5.91 Å². The molecule has 112 valence electrons. The van der Waals surface area contributed by atoms with Crippen LogP contribution in [0.25, 0.3) is 11.0 Å². The summed E-state index contributed by atoms with van der Waals surface area (Å²) in [4.78, 5) is 22.2. The molecule has 3 heterocycles. The molecular formula is C13H19N7O. The average molecular weight is 289 g/mol. The van der Waals surface area contributed by atoms with Crippen molar-refractivity contribution in [2.24, 2.45) is 7.05 Å². The van der Waals surface area contributed by atoms with Gasteiger partial charge in [0.1, 0.15) is 11.6 Å². The molecule has 1 fully saturated rings. The van der Waals surface area contributed by atoms with Gasteiger partial charge in [0.05, 0.1) is 18.1 Å². The lowest BCUT2D eigenvalue weighted by molar-refractivity contribution is -0.119. The number of nitrogens with two attached hydrogens (primary N) is 1. The summed E-state index contributed by atoms with van der Waals surface area (Å²) in [7, 11) is 1.83. The number of carbonyl (C=O) groups excluding carboxylic acids is 1. The van der Waals surface area contributed by atoms with Crippen LogP contribution in [0.1, 0.15) is 19.2 Å². The minimum Gasteiger partial charge on any atom is -0.383 e.